The summed E-state index contributed by atoms with van der Waals surface area (Å²) >= 11 is 0. The quantitative estimate of drug-likeness (QED) is 0.748. The van der Waals surface area contributed by atoms with Crippen LogP contribution in [0.1, 0.15) is 25.8 Å². The van der Waals surface area contributed by atoms with E-state index in [0.29, 0.717) is 6.42 Å². The van der Waals surface area contributed by atoms with Gasteiger partial charge in [-0.15, -0.1) is 0 Å². The zero-order valence-corrected chi connectivity index (χ0v) is 10.8. The number of rotatable bonds is 5. The molecule has 0 bridgehead atoms. The first-order valence-electron chi connectivity index (χ1n) is 5.81. The summed E-state index contributed by atoms with van der Waals surface area (Å²) in [5.74, 6) is -1.00. The molecule has 0 radical (unpaired) electrons. The number of aliphatic carboxylic acids is 1. The van der Waals surface area contributed by atoms with Crippen LogP contribution in [0.2, 0.25) is 0 Å². The van der Waals surface area contributed by atoms with Gasteiger partial charge in [0.1, 0.15) is 6.04 Å². The molecule has 0 aliphatic rings. The molecule has 1 atom stereocenters. The predicted molar refractivity (Wildman–Crippen MR) is 70.8 cm³/mol. The van der Waals surface area contributed by atoms with Gasteiger partial charge < -0.3 is 15.7 Å². The molecule has 0 aromatic heterocycles. The second-order valence-electron chi connectivity index (χ2n) is 4.15. The Morgan fingerprint density at radius 3 is 2.50 bits per heavy atom. The maximum Gasteiger partial charge on any atom is 0.326 e. The van der Waals surface area contributed by atoms with E-state index in [-0.39, 0.29) is 5.91 Å². The maximum absolute atomic E-state index is 11.0. The number of carboxylic acid groups (broad SMARTS) is 1. The topological polar surface area (TPSA) is 78.4 Å². The number of benzene rings is 1. The van der Waals surface area contributed by atoms with Gasteiger partial charge in [0.05, 0.1) is 0 Å². The van der Waals surface area contributed by atoms with E-state index in [1.165, 1.54) is 6.92 Å². The summed E-state index contributed by atoms with van der Waals surface area (Å²) in [4.78, 5) is 21.9. The van der Waals surface area contributed by atoms with Gasteiger partial charge >= 0.3 is 5.97 Å². The Morgan fingerprint density at radius 1 is 1.39 bits per heavy atom. The fourth-order valence-corrected chi connectivity index (χ4v) is 1.62. The minimum Gasteiger partial charge on any atom is -0.480 e. The summed E-state index contributed by atoms with van der Waals surface area (Å²) < 4.78 is 0. The van der Waals surface area contributed by atoms with Crippen molar-refractivity contribution in [2.45, 2.75) is 33.2 Å². The lowest BCUT2D eigenvalue weighted by Crippen LogP contribution is -2.28. The molecule has 0 spiro atoms. The third-order valence-electron chi connectivity index (χ3n) is 2.58. The van der Waals surface area contributed by atoms with Crippen LogP contribution in [0.5, 0.6) is 0 Å². The van der Waals surface area contributed by atoms with Crippen LogP contribution < -0.4 is 10.6 Å². The highest BCUT2D eigenvalue weighted by Gasteiger charge is 2.14. The van der Waals surface area contributed by atoms with Gasteiger partial charge in [0.15, 0.2) is 0 Å². The van der Waals surface area contributed by atoms with Crippen molar-refractivity contribution >= 4 is 23.3 Å². The standard InChI is InChI=1S/C13H18N2O3/c1-4-11(13(17)18)15-10-5-6-12(8(2)7-10)14-9(3)16/h5-7,11,15H,4H2,1-3H3,(H,14,16)(H,17,18). The van der Waals surface area contributed by atoms with Gasteiger partial charge in [0, 0.05) is 18.3 Å². The molecule has 0 fully saturated rings. The van der Waals surface area contributed by atoms with Crippen LogP contribution in [0.4, 0.5) is 11.4 Å². The molecule has 18 heavy (non-hydrogen) atoms. The van der Waals surface area contributed by atoms with Gasteiger partial charge in [-0.1, -0.05) is 6.92 Å². The van der Waals surface area contributed by atoms with Crippen LogP contribution in [0.3, 0.4) is 0 Å². The lowest BCUT2D eigenvalue weighted by molar-refractivity contribution is -0.138. The van der Waals surface area contributed by atoms with Gasteiger partial charge in [-0.2, -0.15) is 0 Å². The third-order valence-corrected chi connectivity index (χ3v) is 2.58. The normalized spacial score (nSPS) is 11.7. The molecular formula is C13H18N2O3. The number of carbonyl (C=O) groups excluding carboxylic acids is 1. The number of nitrogens with one attached hydrogen (secondary N) is 2. The largest absolute Gasteiger partial charge is 0.480 e. The molecule has 0 saturated heterocycles. The molecule has 0 heterocycles. The predicted octanol–water partition coefficient (Wildman–Crippen LogP) is 2.23. The molecular weight excluding hydrogens is 232 g/mol. The Labute approximate surface area is 106 Å². The average molecular weight is 250 g/mol. The Balaban J connectivity index is 2.84. The Hall–Kier alpha value is -2.04. The highest BCUT2D eigenvalue weighted by Crippen LogP contribution is 2.20. The van der Waals surface area contributed by atoms with Crippen LogP contribution in [-0.4, -0.2) is 23.0 Å². The van der Waals surface area contributed by atoms with Crippen molar-refractivity contribution in [2.75, 3.05) is 10.6 Å². The number of carboxylic acids is 1. The number of anilines is 2. The van der Waals surface area contributed by atoms with E-state index in [1.54, 1.807) is 12.1 Å². The number of amides is 1. The second kappa shape index (κ2) is 6.05. The fraction of sp³-hybridized carbons (Fsp3) is 0.385. The molecule has 5 heteroatoms. The lowest BCUT2D eigenvalue weighted by atomic mass is 10.1. The maximum atomic E-state index is 11.0. The molecule has 1 unspecified atom stereocenters. The number of hydrogen-bond acceptors (Lipinski definition) is 3. The van der Waals surface area contributed by atoms with Gasteiger partial charge in [-0.05, 0) is 37.1 Å². The van der Waals surface area contributed by atoms with E-state index in [0.717, 1.165) is 16.9 Å². The Bertz CT molecular complexity index is 458. The first-order chi connectivity index (χ1) is 8.43. The fourth-order valence-electron chi connectivity index (χ4n) is 1.62. The van der Waals surface area contributed by atoms with Crippen molar-refractivity contribution in [2.24, 2.45) is 0 Å². The average Bonchev–Trinajstić information content (AvgIpc) is 2.28. The first-order valence-corrected chi connectivity index (χ1v) is 5.81. The number of hydrogen-bond donors (Lipinski definition) is 3. The lowest BCUT2D eigenvalue weighted by Gasteiger charge is -2.15. The SMILES string of the molecule is CCC(Nc1ccc(NC(C)=O)c(C)c1)C(=O)O. The zero-order chi connectivity index (χ0) is 13.7. The van der Waals surface area contributed by atoms with E-state index >= 15 is 0 Å². The molecule has 0 saturated carbocycles. The van der Waals surface area contributed by atoms with Crippen LogP contribution in [0, 0.1) is 6.92 Å². The summed E-state index contributed by atoms with van der Waals surface area (Å²) in [5, 5.41) is 14.6. The monoisotopic (exact) mass is 250 g/mol. The van der Waals surface area contributed by atoms with Gasteiger partial charge in [0.25, 0.3) is 0 Å². The zero-order valence-electron chi connectivity index (χ0n) is 10.8. The highest BCUT2D eigenvalue weighted by molar-refractivity contribution is 5.90. The van der Waals surface area contributed by atoms with E-state index in [1.807, 2.05) is 19.9 Å². The van der Waals surface area contributed by atoms with Crippen LogP contribution in [-0.2, 0) is 9.59 Å². The smallest absolute Gasteiger partial charge is 0.326 e. The van der Waals surface area contributed by atoms with E-state index in [9.17, 15) is 9.59 Å². The summed E-state index contributed by atoms with van der Waals surface area (Å²) in [7, 11) is 0. The Morgan fingerprint density at radius 2 is 2.06 bits per heavy atom. The van der Waals surface area contributed by atoms with E-state index in [2.05, 4.69) is 10.6 Å². The third kappa shape index (κ3) is 3.76. The van der Waals surface area contributed by atoms with Gasteiger partial charge in [-0.3, -0.25) is 4.79 Å². The van der Waals surface area contributed by atoms with Crippen LogP contribution in [0.25, 0.3) is 0 Å². The Kier molecular flexibility index (Phi) is 4.71. The minimum absolute atomic E-state index is 0.129. The van der Waals surface area contributed by atoms with Crippen molar-refractivity contribution in [1.29, 1.82) is 0 Å². The number of carbonyl (C=O) groups is 2. The van der Waals surface area contributed by atoms with Crippen molar-refractivity contribution in [3.8, 4) is 0 Å². The van der Waals surface area contributed by atoms with Crippen molar-refractivity contribution in [3.05, 3.63) is 23.8 Å². The first kappa shape index (κ1) is 14.0. The van der Waals surface area contributed by atoms with Crippen molar-refractivity contribution in [3.63, 3.8) is 0 Å². The van der Waals surface area contributed by atoms with E-state index < -0.39 is 12.0 Å². The van der Waals surface area contributed by atoms with Gasteiger partial charge in [0.2, 0.25) is 5.91 Å². The van der Waals surface area contributed by atoms with Crippen LogP contribution in [0.15, 0.2) is 18.2 Å². The van der Waals surface area contributed by atoms with Gasteiger partial charge in [-0.25, -0.2) is 4.79 Å². The molecule has 0 aliphatic carbocycles. The number of aryl methyl sites for hydroxylation is 1. The summed E-state index contributed by atoms with van der Waals surface area (Å²) in [5.41, 5.74) is 2.35. The van der Waals surface area contributed by atoms with Crippen molar-refractivity contribution in [1.82, 2.24) is 0 Å². The molecule has 1 aromatic carbocycles. The molecule has 1 rings (SSSR count). The van der Waals surface area contributed by atoms with E-state index in [4.69, 9.17) is 5.11 Å². The second-order valence-corrected chi connectivity index (χ2v) is 4.15. The highest BCUT2D eigenvalue weighted by atomic mass is 16.4. The summed E-state index contributed by atoms with van der Waals surface area (Å²) in [6.45, 7) is 5.12. The summed E-state index contributed by atoms with van der Waals surface area (Å²) in [6.07, 6.45) is 0.502. The molecule has 98 valence electrons. The molecule has 1 aromatic rings. The minimum atomic E-state index is -0.874. The molecule has 0 aliphatic heterocycles. The van der Waals surface area contributed by atoms with Crippen LogP contribution >= 0.6 is 0 Å². The molecule has 3 N–H and O–H groups in total. The molecule has 5 nitrogen and oxygen atoms in total. The molecule has 1 amide bonds. The summed E-state index contributed by atoms with van der Waals surface area (Å²) in [6, 6.07) is 4.73. The van der Waals surface area contributed by atoms with Crippen molar-refractivity contribution < 1.29 is 14.7 Å².